The summed E-state index contributed by atoms with van der Waals surface area (Å²) in [6.45, 7) is 4.05. The monoisotopic (exact) mass is 446 g/mol. The van der Waals surface area contributed by atoms with E-state index in [1.54, 1.807) is 23.1 Å². The van der Waals surface area contributed by atoms with Gasteiger partial charge in [-0.1, -0.05) is 12.1 Å². The van der Waals surface area contributed by atoms with Gasteiger partial charge in [-0.2, -0.15) is 5.26 Å². The van der Waals surface area contributed by atoms with Gasteiger partial charge in [0.05, 0.1) is 29.9 Å². The minimum atomic E-state index is -0.0647. The molecule has 1 saturated heterocycles. The summed E-state index contributed by atoms with van der Waals surface area (Å²) in [4.78, 5) is 18.6. The van der Waals surface area contributed by atoms with Crippen LogP contribution in [0.4, 0.5) is 0 Å². The maximum Gasteiger partial charge on any atom is 0.324 e. The number of rotatable bonds is 6. The van der Waals surface area contributed by atoms with Gasteiger partial charge in [-0.25, -0.2) is 0 Å². The summed E-state index contributed by atoms with van der Waals surface area (Å²) in [6, 6.07) is 13.0. The predicted molar refractivity (Wildman–Crippen MR) is 123 cm³/mol. The molecule has 1 unspecified atom stereocenters. The van der Waals surface area contributed by atoms with Crippen LogP contribution in [0.25, 0.3) is 0 Å². The molecule has 4 rings (SSSR count). The molecule has 170 valence electrons. The Morgan fingerprint density at radius 1 is 1.36 bits per heavy atom. The van der Waals surface area contributed by atoms with Gasteiger partial charge >= 0.3 is 5.84 Å². The van der Waals surface area contributed by atoms with Crippen LogP contribution in [0.15, 0.2) is 41.4 Å². The van der Waals surface area contributed by atoms with Crippen molar-refractivity contribution in [1.29, 1.82) is 5.26 Å². The summed E-state index contributed by atoms with van der Waals surface area (Å²) < 4.78 is 5.66. The highest BCUT2D eigenvalue weighted by Gasteiger charge is 2.46. The molecule has 0 aromatic heterocycles. The number of hydrogen-bond acceptors (Lipinski definition) is 4. The number of aliphatic imine (C=N–C) groups is 1. The minimum absolute atomic E-state index is 0.0413. The highest BCUT2D eigenvalue weighted by molar-refractivity contribution is 6.09. The molecule has 2 atom stereocenters. The Morgan fingerprint density at radius 3 is 2.85 bits per heavy atom. The van der Waals surface area contributed by atoms with Crippen LogP contribution in [0.3, 0.4) is 0 Å². The molecule has 8 heteroatoms. The number of carbonyl (C=O) groups excluding carboxylic acids is 1. The van der Waals surface area contributed by atoms with Crippen LogP contribution in [0.5, 0.6) is 5.75 Å². The molecule has 0 spiro atoms. The Kier molecular flexibility index (Phi) is 6.16. The van der Waals surface area contributed by atoms with Gasteiger partial charge in [0, 0.05) is 18.5 Å². The maximum absolute atomic E-state index is 12.4. The van der Waals surface area contributed by atoms with E-state index in [0.717, 1.165) is 23.1 Å². The largest absolute Gasteiger partial charge is 0.490 e. The number of ether oxygens (including phenoxy) is 1. The second-order valence-electron chi connectivity index (χ2n) is 8.67. The van der Waals surface area contributed by atoms with Crippen molar-refractivity contribution in [2.45, 2.75) is 38.8 Å². The van der Waals surface area contributed by atoms with E-state index in [4.69, 9.17) is 15.9 Å². The lowest BCUT2D eigenvalue weighted by Crippen LogP contribution is -2.40. The molecule has 33 heavy (non-hydrogen) atoms. The Bertz CT molecular complexity index is 1180. The number of aliphatic hydroxyl groups excluding tert-OH is 1. The number of amidine groups is 2. The fourth-order valence-electron chi connectivity index (χ4n) is 4.84. The predicted octanol–water partition coefficient (Wildman–Crippen LogP) is 0.695. The van der Waals surface area contributed by atoms with Gasteiger partial charge in [-0.05, 0) is 66.6 Å². The maximum atomic E-state index is 12.4. The molecular formula is C25H28N5O3+. The van der Waals surface area contributed by atoms with Crippen molar-refractivity contribution < 1.29 is 20.0 Å². The van der Waals surface area contributed by atoms with Gasteiger partial charge in [0.1, 0.15) is 11.8 Å². The van der Waals surface area contributed by atoms with Crippen molar-refractivity contribution in [3.63, 3.8) is 0 Å². The first-order chi connectivity index (χ1) is 15.8. The van der Waals surface area contributed by atoms with Crippen molar-refractivity contribution in [3.05, 3.63) is 64.2 Å². The van der Waals surface area contributed by atoms with Gasteiger partial charge in [0.2, 0.25) is 11.7 Å². The topological polar surface area (TPSA) is 138 Å². The number of fused-ring (bicyclic) bond motifs is 3. The zero-order valence-electron chi connectivity index (χ0n) is 18.8. The van der Waals surface area contributed by atoms with Gasteiger partial charge in [0.25, 0.3) is 0 Å². The Balaban J connectivity index is 1.63. The number of carbonyl (C=O) groups is 1. The number of nitrogens with two attached hydrogens (primary N) is 2. The van der Waals surface area contributed by atoms with E-state index in [0.29, 0.717) is 29.8 Å². The van der Waals surface area contributed by atoms with E-state index in [1.165, 1.54) is 0 Å². The molecule has 2 aliphatic rings. The first kappa shape index (κ1) is 22.5. The fourth-order valence-corrected chi connectivity index (χ4v) is 4.84. The van der Waals surface area contributed by atoms with Crippen molar-refractivity contribution in [3.8, 4) is 11.8 Å². The molecule has 2 aromatic carbocycles. The lowest BCUT2D eigenvalue weighted by molar-refractivity contribution is -0.129. The lowest BCUT2D eigenvalue weighted by atomic mass is 10.0. The fraction of sp³-hybridized carbons (Fsp3) is 0.360. The molecule has 0 saturated carbocycles. The second kappa shape index (κ2) is 9.04. The number of nitriles is 1. The summed E-state index contributed by atoms with van der Waals surface area (Å²) in [5.74, 6) is 1.22. The van der Waals surface area contributed by atoms with Crippen LogP contribution < -0.4 is 15.9 Å². The van der Waals surface area contributed by atoms with Crippen molar-refractivity contribution >= 4 is 17.6 Å². The number of aliphatic hydroxyl groups is 1. The van der Waals surface area contributed by atoms with Gasteiger partial charge in [-0.3, -0.25) is 10.2 Å². The van der Waals surface area contributed by atoms with Crippen molar-refractivity contribution in [2.75, 3.05) is 13.2 Å². The standard InChI is InChI=1S/C25H27N5O3/c1-14(2)33-21-7-6-15(10-17(21)13-26)24(27)29-25(28)19-5-3-4-18-20(19)11-16-12-22(32)30(8-9-31)23(16)18/h3-7,10,14,16,23,31H,8-9,11-12H2,1-2H3,(H3,27,28,29)/p+1/t16-,23?/m1/s1. The third-order valence-electron chi connectivity index (χ3n) is 6.15. The first-order valence-electron chi connectivity index (χ1n) is 11.0. The number of benzene rings is 2. The quantitative estimate of drug-likeness (QED) is 0.443. The molecule has 2 aromatic rings. The van der Waals surface area contributed by atoms with E-state index < -0.39 is 0 Å². The van der Waals surface area contributed by atoms with Crippen LogP contribution in [-0.2, 0) is 11.2 Å². The smallest absolute Gasteiger partial charge is 0.324 e. The third-order valence-corrected chi connectivity index (χ3v) is 6.15. The second-order valence-corrected chi connectivity index (χ2v) is 8.67. The van der Waals surface area contributed by atoms with Gasteiger partial charge in [-0.15, -0.1) is 0 Å². The van der Waals surface area contributed by atoms with Gasteiger partial charge < -0.3 is 20.5 Å². The normalized spacial score (nSPS) is 19.4. The zero-order valence-corrected chi connectivity index (χ0v) is 18.8. The molecule has 1 amide bonds. The lowest BCUT2D eigenvalue weighted by Gasteiger charge is -2.24. The molecule has 0 bridgehead atoms. The van der Waals surface area contributed by atoms with Crippen LogP contribution >= 0.6 is 0 Å². The zero-order chi connectivity index (χ0) is 23.7. The van der Waals surface area contributed by atoms with E-state index in [2.05, 4.69) is 11.1 Å². The average Bonchev–Trinajstić information content (AvgIpc) is 3.28. The number of likely N-dealkylation sites (tertiary alicyclic amines) is 1. The summed E-state index contributed by atoms with van der Waals surface area (Å²) in [5, 5.41) is 25.1. The summed E-state index contributed by atoms with van der Waals surface area (Å²) in [5.41, 5.74) is 10.2. The molecule has 8 nitrogen and oxygen atoms in total. The van der Waals surface area contributed by atoms with E-state index in [-0.39, 0.29) is 42.2 Å². The number of amides is 1. The van der Waals surface area contributed by atoms with E-state index in [1.807, 2.05) is 32.0 Å². The third kappa shape index (κ3) is 4.20. The molecule has 0 radical (unpaired) electrons. The van der Waals surface area contributed by atoms with E-state index >= 15 is 0 Å². The SMILES string of the molecule is CC(C)Oc1ccc(C(=[NH2+])N=C(N)c2cccc3c2C[C@@H]2CC(=O)N(CCO)C32)cc1C#N. The molecule has 1 heterocycles. The average molecular weight is 447 g/mol. The molecule has 1 fully saturated rings. The highest BCUT2D eigenvalue weighted by atomic mass is 16.5. The van der Waals surface area contributed by atoms with Crippen molar-refractivity contribution in [1.82, 2.24) is 4.90 Å². The summed E-state index contributed by atoms with van der Waals surface area (Å²) in [7, 11) is 0. The first-order valence-corrected chi connectivity index (χ1v) is 11.0. The number of hydrogen-bond donors (Lipinski definition) is 3. The van der Waals surface area contributed by atoms with Crippen LogP contribution in [-0.4, -0.2) is 46.8 Å². The highest BCUT2D eigenvalue weighted by Crippen LogP contribution is 2.47. The number of β-amino-alcohol motifs (C(OH)–C–C–N with tert-alkyl or cyclic N) is 1. The molecule has 5 N–H and O–H groups in total. The van der Waals surface area contributed by atoms with E-state index in [9.17, 15) is 15.2 Å². The Morgan fingerprint density at radius 2 is 2.15 bits per heavy atom. The van der Waals surface area contributed by atoms with Gasteiger partial charge in [0.15, 0.2) is 0 Å². The van der Waals surface area contributed by atoms with Crippen LogP contribution in [0.2, 0.25) is 0 Å². The van der Waals surface area contributed by atoms with Crippen molar-refractivity contribution in [2.24, 2.45) is 16.6 Å². The molecular weight excluding hydrogens is 418 g/mol. The summed E-state index contributed by atoms with van der Waals surface area (Å²) >= 11 is 0. The van der Waals surface area contributed by atoms with Crippen LogP contribution in [0, 0.1) is 17.2 Å². The van der Waals surface area contributed by atoms with Crippen LogP contribution in [0.1, 0.15) is 54.1 Å². The summed E-state index contributed by atoms with van der Waals surface area (Å²) in [6.07, 6.45) is 1.13. The minimum Gasteiger partial charge on any atom is -0.490 e. The molecule has 1 aliphatic carbocycles. The Hall–Kier alpha value is -3.70. The molecule has 1 aliphatic heterocycles. The Labute approximate surface area is 192 Å². The number of nitrogens with zero attached hydrogens (tertiary/aromatic N) is 3.